The summed E-state index contributed by atoms with van der Waals surface area (Å²) in [4.78, 5) is 28.1. The largest absolute Gasteiger partial charge is 0.323 e. The Morgan fingerprint density at radius 2 is 2.22 bits per heavy atom. The molecule has 0 fully saturated rings. The summed E-state index contributed by atoms with van der Waals surface area (Å²) >= 11 is 1.25. The molecule has 3 rings (SSSR count). The van der Waals surface area contributed by atoms with Gasteiger partial charge in [-0.25, -0.2) is 4.98 Å². The van der Waals surface area contributed by atoms with Crippen LogP contribution in [0.5, 0.6) is 0 Å². The van der Waals surface area contributed by atoms with E-state index in [1.54, 1.807) is 17.5 Å². The lowest BCUT2D eigenvalue weighted by Crippen LogP contribution is -2.21. The number of Topliss-reactive ketones (excluding diaryl/α,β-unsaturated/α-hetero) is 1. The second-order valence-corrected chi connectivity index (χ2v) is 4.78. The van der Waals surface area contributed by atoms with E-state index in [-0.39, 0.29) is 11.5 Å². The van der Waals surface area contributed by atoms with Gasteiger partial charge in [0.25, 0.3) is 0 Å². The van der Waals surface area contributed by atoms with Gasteiger partial charge in [-0.2, -0.15) is 4.39 Å². The van der Waals surface area contributed by atoms with Crippen molar-refractivity contribution in [3.05, 3.63) is 46.2 Å². The van der Waals surface area contributed by atoms with E-state index < -0.39 is 17.8 Å². The van der Waals surface area contributed by atoms with Crippen molar-refractivity contribution in [2.75, 3.05) is 5.32 Å². The lowest BCUT2D eigenvalue weighted by molar-refractivity contribution is -0.116. The van der Waals surface area contributed by atoms with E-state index in [0.717, 1.165) is 6.07 Å². The molecular formula is C12H7FN2O2S. The first-order valence-corrected chi connectivity index (χ1v) is 6.10. The molecule has 1 aliphatic rings. The van der Waals surface area contributed by atoms with Gasteiger partial charge >= 0.3 is 0 Å². The zero-order chi connectivity index (χ0) is 12.7. The Bertz CT molecular complexity index is 640. The summed E-state index contributed by atoms with van der Waals surface area (Å²) in [6, 6.07) is 5.93. The van der Waals surface area contributed by atoms with E-state index >= 15 is 0 Å². The molecule has 1 atom stereocenters. The maximum atomic E-state index is 13.1. The summed E-state index contributed by atoms with van der Waals surface area (Å²) in [6.07, 6.45) is 0. The zero-order valence-corrected chi connectivity index (χ0v) is 9.83. The number of pyridine rings is 1. The second kappa shape index (κ2) is 3.99. The fraction of sp³-hybridized carbons (Fsp3) is 0.0833. The van der Waals surface area contributed by atoms with Crippen LogP contribution < -0.4 is 5.32 Å². The van der Waals surface area contributed by atoms with E-state index in [2.05, 4.69) is 10.3 Å². The normalized spacial score (nSPS) is 17.4. The molecule has 6 heteroatoms. The quantitative estimate of drug-likeness (QED) is 0.513. The molecule has 2 aromatic heterocycles. The number of aromatic nitrogens is 1. The SMILES string of the molecule is O=C1Nc2ccc(F)nc2C1C(=O)c1cccs1. The number of ketones is 1. The van der Waals surface area contributed by atoms with Gasteiger partial charge < -0.3 is 5.32 Å². The van der Waals surface area contributed by atoms with Crippen LogP contribution in [0.15, 0.2) is 29.6 Å². The molecule has 1 aliphatic heterocycles. The first kappa shape index (κ1) is 11.0. The van der Waals surface area contributed by atoms with Gasteiger partial charge in [-0.05, 0) is 23.6 Å². The summed E-state index contributed by atoms with van der Waals surface area (Å²) in [5.74, 6) is -2.55. The molecule has 0 saturated carbocycles. The molecule has 2 aromatic rings. The third-order valence-electron chi connectivity index (χ3n) is 2.71. The number of thiophene rings is 1. The van der Waals surface area contributed by atoms with E-state index in [9.17, 15) is 14.0 Å². The molecular weight excluding hydrogens is 255 g/mol. The zero-order valence-electron chi connectivity index (χ0n) is 9.01. The first-order chi connectivity index (χ1) is 8.66. The molecule has 1 amide bonds. The van der Waals surface area contributed by atoms with Gasteiger partial charge in [-0.3, -0.25) is 9.59 Å². The Morgan fingerprint density at radius 3 is 2.94 bits per heavy atom. The molecule has 90 valence electrons. The average molecular weight is 262 g/mol. The number of hydrogen-bond donors (Lipinski definition) is 1. The van der Waals surface area contributed by atoms with Crippen LogP contribution in [0.25, 0.3) is 0 Å². The lowest BCUT2D eigenvalue weighted by Gasteiger charge is -2.04. The van der Waals surface area contributed by atoms with Crippen molar-refractivity contribution >= 4 is 28.7 Å². The van der Waals surface area contributed by atoms with Gasteiger partial charge in [-0.15, -0.1) is 11.3 Å². The highest BCUT2D eigenvalue weighted by Crippen LogP contribution is 2.33. The van der Waals surface area contributed by atoms with E-state index in [1.165, 1.54) is 17.4 Å². The van der Waals surface area contributed by atoms with E-state index in [0.29, 0.717) is 10.6 Å². The Morgan fingerprint density at radius 1 is 1.39 bits per heavy atom. The van der Waals surface area contributed by atoms with Crippen LogP contribution in [0.4, 0.5) is 10.1 Å². The third kappa shape index (κ3) is 1.62. The Kier molecular flexibility index (Phi) is 2.45. The summed E-state index contributed by atoms with van der Waals surface area (Å²) in [5, 5.41) is 4.28. The second-order valence-electron chi connectivity index (χ2n) is 3.83. The van der Waals surface area contributed by atoms with Gasteiger partial charge in [0.15, 0.2) is 5.78 Å². The molecule has 0 saturated heterocycles. The van der Waals surface area contributed by atoms with Crippen molar-refractivity contribution in [1.82, 2.24) is 4.98 Å². The minimum absolute atomic E-state index is 0.165. The molecule has 0 aromatic carbocycles. The van der Waals surface area contributed by atoms with Crippen LogP contribution in [0.1, 0.15) is 21.3 Å². The number of hydrogen-bond acceptors (Lipinski definition) is 4. The van der Waals surface area contributed by atoms with Crippen LogP contribution >= 0.6 is 11.3 Å². The smallest absolute Gasteiger partial charge is 0.241 e. The monoisotopic (exact) mass is 262 g/mol. The number of anilines is 1. The number of nitrogens with one attached hydrogen (secondary N) is 1. The molecule has 0 bridgehead atoms. The topological polar surface area (TPSA) is 59.1 Å². The van der Waals surface area contributed by atoms with Crippen molar-refractivity contribution in [1.29, 1.82) is 0 Å². The van der Waals surface area contributed by atoms with Crippen LogP contribution in [0.2, 0.25) is 0 Å². The lowest BCUT2D eigenvalue weighted by atomic mass is 10.00. The standard InChI is InChI=1S/C12H7FN2O2S/c13-8-4-3-6-10(15-8)9(12(17)14-6)11(16)7-2-1-5-18-7/h1-5,9H,(H,14,17). The summed E-state index contributed by atoms with van der Waals surface area (Å²) < 4.78 is 13.1. The van der Waals surface area contributed by atoms with Crippen LogP contribution in [0.3, 0.4) is 0 Å². The minimum atomic E-state index is -1.05. The van der Waals surface area contributed by atoms with Crippen LogP contribution in [0, 0.1) is 5.95 Å². The van der Waals surface area contributed by atoms with Crippen LogP contribution in [-0.2, 0) is 4.79 Å². The summed E-state index contributed by atoms with van der Waals surface area (Å²) in [5.41, 5.74) is 0.565. The van der Waals surface area contributed by atoms with Crippen molar-refractivity contribution in [3.63, 3.8) is 0 Å². The average Bonchev–Trinajstić information content (AvgIpc) is 2.94. The summed E-state index contributed by atoms with van der Waals surface area (Å²) in [7, 11) is 0. The fourth-order valence-electron chi connectivity index (χ4n) is 1.91. The van der Waals surface area contributed by atoms with Gasteiger partial charge in [0.05, 0.1) is 16.3 Å². The number of fused-ring (bicyclic) bond motifs is 1. The molecule has 18 heavy (non-hydrogen) atoms. The third-order valence-corrected chi connectivity index (χ3v) is 3.59. The van der Waals surface area contributed by atoms with Crippen molar-refractivity contribution in [2.24, 2.45) is 0 Å². The maximum Gasteiger partial charge on any atom is 0.241 e. The Balaban J connectivity index is 2.06. The summed E-state index contributed by atoms with van der Waals surface area (Å²) in [6.45, 7) is 0. The van der Waals surface area contributed by atoms with Crippen molar-refractivity contribution in [2.45, 2.75) is 5.92 Å². The van der Waals surface area contributed by atoms with Crippen molar-refractivity contribution < 1.29 is 14.0 Å². The molecule has 1 N–H and O–H groups in total. The minimum Gasteiger partial charge on any atom is -0.323 e. The number of amides is 1. The fourth-order valence-corrected chi connectivity index (χ4v) is 2.60. The predicted octanol–water partition coefficient (Wildman–Crippen LogP) is 2.20. The van der Waals surface area contributed by atoms with Gasteiger partial charge in [-0.1, -0.05) is 6.07 Å². The first-order valence-electron chi connectivity index (χ1n) is 5.22. The Hall–Kier alpha value is -2.08. The van der Waals surface area contributed by atoms with Crippen LogP contribution in [-0.4, -0.2) is 16.7 Å². The molecule has 1 unspecified atom stereocenters. The molecule has 0 spiro atoms. The van der Waals surface area contributed by atoms with E-state index in [1.807, 2.05) is 0 Å². The molecule has 4 nitrogen and oxygen atoms in total. The number of carbonyl (C=O) groups is 2. The maximum absolute atomic E-state index is 13.1. The van der Waals surface area contributed by atoms with E-state index in [4.69, 9.17) is 0 Å². The highest BCUT2D eigenvalue weighted by molar-refractivity contribution is 7.12. The number of rotatable bonds is 2. The number of nitrogens with zero attached hydrogens (tertiary/aromatic N) is 1. The molecule has 3 heterocycles. The van der Waals surface area contributed by atoms with Gasteiger partial charge in [0, 0.05) is 0 Å². The van der Waals surface area contributed by atoms with Gasteiger partial charge in [0.1, 0.15) is 5.92 Å². The number of halogens is 1. The highest BCUT2D eigenvalue weighted by atomic mass is 32.1. The van der Waals surface area contributed by atoms with Gasteiger partial charge in [0.2, 0.25) is 11.9 Å². The highest BCUT2D eigenvalue weighted by Gasteiger charge is 2.38. The Labute approximate surface area is 105 Å². The predicted molar refractivity (Wildman–Crippen MR) is 64.2 cm³/mol. The molecule has 0 radical (unpaired) electrons. The van der Waals surface area contributed by atoms with Crippen molar-refractivity contribution in [3.8, 4) is 0 Å². The molecule has 0 aliphatic carbocycles. The number of carbonyl (C=O) groups excluding carboxylic acids is 2.